The Kier molecular flexibility index (Phi) is 62.4. The molecule has 0 aromatic rings. The fourth-order valence-electron chi connectivity index (χ4n) is 8.49. The van der Waals surface area contributed by atoms with E-state index in [0.717, 1.165) is 122 Å². The lowest BCUT2D eigenvalue weighted by molar-refractivity contribution is -0.166. The van der Waals surface area contributed by atoms with Gasteiger partial charge in [0.1, 0.15) is 13.2 Å². The third-order valence-corrected chi connectivity index (χ3v) is 13.3. The molecule has 1 unspecified atom stereocenters. The number of esters is 3. The number of hydrogen-bond donors (Lipinski definition) is 0. The number of carbonyl (C=O) groups excluding carboxylic acids is 3. The van der Waals surface area contributed by atoms with Gasteiger partial charge in [0.2, 0.25) is 0 Å². The second-order valence-electron chi connectivity index (χ2n) is 20.9. The first-order valence-corrected chi connectivity index (χ1v) is 32.5. The smallest absolute Gasteiger partial charge is 0.310 e. The third-order valence-electron chi connectivity index (χ3n) is 13.3. The first kappa shape index (κ1) is 75.0. The summed E-state index contributed by atoms with van der Waals surface area (Å²) in [6.07, 6.45) is 97.1. The lowest BCUT2D eigenvalue weighted by atomic mass is 10.0. The van der Waals surface area contributed by atoms with Crippen molar-refractivity contribution < 1.29 is 28.6 Å². The van der Waals surface area contributed by atoms with Gasteiger partial charge in [-0.1, -0.05) is 281 Å². The van der Waals surface area contributed by atoms with E-state index in [1.165, 1.54) is 103 Å². The van der Waals surface area contributed by atoms with E-state index in [1.807, 2.05) is 6.08 Å². The molecule has 1 atom stereocenters. The van der Waals surface area contributed by atoms with Gasteiger partial charge in [0.05, 0.1) is 6.42 Å². The molecule has 0 aromatic carbocycles. The maximum atomic E-state index is 12.8. The third kappa shape index (κ3) is 63.9. The summed E-state index contributed by atoms with van der Waals surface area (Å²) >= 11 is 0. The molecule has 0 N–H and O–H groups in total. The fourth-order valence-corrected chi connectivity index (χ4v) is 8.49. The normalized spacial score (nSPS) is 13.2. The molecule has 0 radical (unpaired) electrons. The lowest BCUT2D eigenvalue weighted by Gasteiger charge is -2.18. The Labute approximate surface area is 492 Å². The van der Waals surface area contributed by atoms with Crippen molar-refractivity contribution in [1.29, 1.82) is 0 Å². The van der Waals surface area contributed by atoms with Gasteiger partial charge in [-0.05, 0) is 128 Å². The van der Waals surface area contributed by atoms with Crippen LogP contribution in [0.15, 0.2) is 158 Å². The number of ether oxygens (including phenoxy) is 3. The number of hydrogen-bond acceptors (Lipinski definition) is 6. The van der Waals surface area contributed by atoms with Crippen molar-refractivity contribution in [3.05, 3.63) is 158 Å². The standard InChI is InChI=1S/C74H118O6/c1-4-7-10-13-16-19-22-25-28-29-30-31-32-33-34-35-36-37-38-39-40-41-42-43-44-45-47-49-52-55-58-61-64-67-73(76)79-70-71(69-78-72(75)66-63-60-57-54-51-48-27-24-21-18-15-12-9-6-3)80-74(77)68-65-62-59-56-53-50-46-26-23-20-17-14-11-8-5-2/h7-8,10-11,16-17,19-20,24-28,30-31,33-34,36-37,39-40,46,53,56,62,65,71H,4-6,9,12-15,18,21-23,29,32,35,38,41-45,47-52,54-55,57-61,63-64,66-70H2,1-3H3/b10-7-,11-8-,19-16-,20-17-,27-24-,28-25-,31-30-,34-33-,37-36-,40-39-,46-26-,56-53-,65-62-. The summed E-state index contributed by atoms with van der Waals surface area (Å²) in [6, 6.07) is 0. The van der Waals surface area contributed by atoms with E-state index in [0.29, 0.717) is 19.3 Å². The fraction of sp³-hybridized carbons (Fsp3) is 0.608. The Balaban J connectivity index is 4.32. The Hall–Kier alpha value is -4.97. The van der Waals surface area contributed by atoms with E-state index in [1.54, 1.807) is 6.08 Å². The van der Waals surface area contributed by atoms with Crippen molar-refractivity contribution in [2.24, 2.45) is 0 Å². The zero-order valence-corrected chi connectivity index (χ0v) is 51.5. The predicted octanol–water partition coefficient (Wildman–Crippen LogP) is 22.5. The second-order valence-corrected chi connectivity index (χ2v) is 20.9. The first-order chi connectivity index (χ1) is 39.5. The molecule has 0 aliphatic heterocycles. The molecular weight excluding hydrogens is 985 g/mol. The SMILES string of the molecule is CC/C=C\C/C=C\C/C=C\C/C=C\C/C=C\C/C=C\C/C=C\CCCCCCCCCCCCCC(=O)OCC(COC(=O)CCCCCCC/C=C\CCCCCCC)OC(=O)C/C=C\C/C=C\C/C=C\C/C=C\C/C=C\CC. The van der Waals surface area contributed by atoms with E-state index in [2.05, 4.69) is 167 Å². The molecule has 0 amide bonds. The van der Waals surface area contributed by atoms with E-state index in [9.17, 15) is 14.4 Å². The summed E-state index contributed by atoms with van der Waals surface area (Å²) in [5.41, 5.74) is 0. The zero-order chi connectivity index (χ0) is 57.8. The first-order valence-electron chi connectivity index (χ1n) is 32.5. The topological polar surface area (TPSA) is 78.9 Å². The van der Waals surface area contributed by atoms with E-state index in [-0.39, 0.29) is 31.6 Å². The summed E-state index contributed by atoms with van der Waals surface area (Å²) in [6.45, 7) is 6.31. The Morgan fingerprint density at radius 1 is 0.275 bits per heavy atom. The van der Waals surface area contributed by atoms with Crippen molar-refractivity contribution in [2.75, 3.05) is 13.2 Å². The highest BCUT2D eigenvalue weighted by atomic mass is 16.6. The molecule has 80 heavy (non-hydrogen) atoms. The van der Waals surface area contributed by atoms with Crippen LogP contribution in [0.4, 0.5) is 0 Å². The zero-order valence-electron chi connectivity index (χ0n) is 51.5. The highest BCUT2D eigenvalue weighted by Gasteiger charge is 2.19. The van der Waals surface area contributed by atoms with Crippen LogP contribution in [0.1, 0.15) is 271 Å². The van der Waals surface area contributed by atoms with Crippen LogP contribution in [0.5, 0.6) is 0 Å². The molecule has 6 heteroatoms. The molecule has 0 saturated heterocycles. The van der Waals surface area contributed by atoms with Crippen LogP contribution in [-0.2, 0) is 28.6 Å². The van der Waals surface area contributed by atoms with Crippen LogP contribution in [0, 0.1) is 0 Å². The molecular formula is C74H118O6. The lowest BCUT2D eigenvalue weighted by Crippen LogP contribution is -2.30. The number of allylic oxidation sites excluding steroid dienone is 25. The van der Waals surface area contributed by atoms with Crippen molar-refractivity contribution in [3.63, 3.8) is 0 Å². The quantitative estimate of drug-likeness (QED) is 0.0261. The molecule has 0 aliphatic carbocycles. The maximum Gasteiger partial charge on any atom is 0.310 e. The largest absolute Gasteiger partial charge is 0.462 e. The molecule has 0 aliphatic rings. The maximum absolute atomic E-state index is 12.8. The van der Waals surface area contributed by atoms with Crippen LogP contribution in [0.25, 0.3) is 0 Å². The monoisotopic (exact) mass is 1100 g/mol. The Morgan fingerprint density at radius 3 is 0.838 bits per heavy atom. The van der Waals surface area contributed by atoms with Gasteiger partial charge in [0.25, 0.3) is 0 Å². The van der Waals surface area contributed by atoms with Crippen molar-refractivity contribution >= 4 is 17.9 Å². The second kappa shape index (κ2) is 66.5. The van der Waals surface area contributed by atoms with Crippen LogP contribution in [-0.4, -0.2) is 37.2 Å². The van der Waals surface area contributed by atoms with Crippen molar-refractivity contribution in [1.82, 2.24) is 0 Å². The van der Waals surface area contributed by atoms with Gasteiger partial charge in [0, 0.05) is 12.8 Å². The molecule has 0 aromatic heterocycles. The van der Waals surface area contributed by atoms with Crippen LogP contribution >= 0.6 is 0 Å². The van der Waals surface area contributed by atoms with E-state index in [4.69, 9.17) is 14.2 Å². The average molecular weight is 1100 g/mol. The highest BCUT2D eigenvalue weighted by molar-refractivity contribution is 5.72. The highest BCUT2D eigenvalue weighted by Crippen LogP contribution is 2.15. The summed E-state index contributed by atoms with van der Waals surface area (Å²) in [4.78, 5) is 38.2. The molecule has 0 spiro atoms. The van der Waals surface area contributed by atoms with Gasteiger partial charge in [-0.2, -0.15) is 0 Å². The van der Waals surface area contributed by atoms with Gasteiger partial charge >= 0.3 is 17.9 Å². The van der Waals surface area contributed by atoms with Gasteiger partial charge in [0.15, 0.2) is 6.10 Å². The summed E-state index contributed by atoms with van der Waals surface area (Å²) in [7, 11) is 0. The van der Waals surface area contributed by atoms with E-state index < -0.39 is 12.1 Å². The van der Waals surface area contributed by atoms with Crippen LogP contribution < -0.4 is 0 Å². The predicted molar refractivity (Wildman–Crippen MR) is 348 cm³/mol. The summed E-state index contributed by atoms with van der Waals surface area (Å²) in [5, 5.41) is 0. The van der Waals surface area contributed by atoms with Gasteiger partial charge < -0.3 is 14.2 Å². The Bertz CT molecular complexity index is 1790. The van der Waals surface area contributed by atoms with Gasteiger partial charge in [-0.25, -0.2) is 0 Å². The minimum Gasteiger partial charge on any atom is -0.462 e. The minimum absolute atomic E-state index is 0.0892. The van der Waals surface area contributed by atoms with E-state index >= 15 is 0 Å². The summed E-state index contributed by atoms with van der Waals surface area (Å²) in [5.74, 6) is -1.07. The molecule has 0 fully saturated rings. The number of rotatable bonds is 57. The van der Waals surface area contributed by atoms with Gasteiger partial charge in [-0.15, -0.1) is 0 Å². The summed E-state index contributed by atoms with van der Waals surface area (Å²) < 4.78 is 16.8. The average Bonchev–Trinajstić information content (AvgIpc) is 3.46. The number of unbranched alkanes of at least 4 members (excludes halogenated alkanes) is 21. The number of carbonyl (C=O) groups is 3. The molecule has 450 valence electrons. The molecule has 0 rings (SSSR count). The van der Waals surface area contributed by atoms with Crippen LogP contribution in [0.3, 0.4) is 0 Å². The van der Waals surface area contributed by atoms with Crippen molar-refractivity contribution in [3.8, 4) is 0 Å². The van der Waals surface area contributed by atoms with Gasteiger partial charge in [-0.3, -0.25) is 14.4 Å². The Morgan fingerprint density at radius 2 is 0.525 bits per heavy atom. The van der Waals surface area contributed by atoms with Crippen molar-refractivity contribution in [2.45, 2.75) is 277 Å². The molecule has 6 nitrogen and oxygen atoms in total. The minimum atomic E-state index is -0.844. The molecule has 0 bridgehead atoms. The molecule has 0 saturated carbocycles. The van der Waals surface area contributed by atoms with Crippen LogP contribution in [0.2, 0.25) is 0 Å². The molecule has 0 heterocycles.